The zero-order valence-corrected chi connectivity index (χ0v) is 8.99. The second kappa shape index (κ2) is 4.47. The van der Waals surface area contributed by atoms with Crippen LogP contribution in [-0.2, 0) is 4.74 Å². The Bertz CT molecular complexity index is 377. The van der Waals surface area contributed by atoms with Gasteiger partial charge in [0, 0.05) is 12.7 Å². The zero-order valence-electron chi connectivity index (χ0n) is 8.99. The van der Waals surface area contributed by atoms with Crippen molar-refractivity contribution in [1.29, 1.82) is 0 Å². The van der Waals surface area contributed by atoms with E-state index in [0.717, 1.165) is 31.0 Å². The van der Waals surface area contributed by atoms with Gasteiger partial charge in [-0.25, -0.2) is 8.78 Å². The summed E-state index contributed by atoms with van der Waals surface area (Å²) in [5, 5.41) is 9.96. The number of ether oxygens (including phenoxy) is 1. The number of aliphatic hydroxyl groups excluding tert-OH is 1. The molecule has 1 saturated carbocycles. The van der Waals surface area contributed by atoms with Gasteiger partial charge in [-0.3, -0.25) is 0 Å². The summed E-state index contributed by atoms with van der Waals surface area (Å²) in [5.74, 6) is -0.902. The third kappa shape index (κ3) is 2.23. The van der Waals surface area contributed by atoms with Crippen molar-refractivity contribution < 1.29 is 18.6 Å². The first kappa shape index (κ1) is 11.5. The fraction of sp³-hybridized carbons (Fsp3) is 0.500. The lowest BCUT2D eigenvalue weighted by molar-refractivity contribution is -0.0275. The number of hydrogen-bond donors (Lipinski definition) is 1. The molecule has 1 aliphatic carbocycles. The minimum Gasteiger partial charge on any atom is -0.386 e. The summed E-state index contributed by atoms with van der Waals surface area (Å²) in [4.78, 5) is 0. The molecule has 2 unspecified atom stereocenters. The Morgan fingerprint density at radius 3 is 2.62 bits per heavy atom. The molecule has 88 valence electrons. The molecule has 0 saturated heterocycles. The van der Waals surface area contributed by atoms with Gasteiger partial charge in [0.1, 0.15) is 17.7 Å². The molecule has 4 heteroatoms. The molecular formula is C12H14F2O2. The summed E-state index contributed by atoms with van der Waals surface area (Å²) in [6.45, 7) is 0. The van der Waals surface area contributed by atoms with Gasteiger partial charge in [0.05, 0.1) is 6.10 Å². The Balaban J connectivity index is 2.24. The predicted molar refractivity (Wildman–Crippen MR) is 54.8 cm³/mol. The van der Waals surface area contributed by atoms with Crippen LogP contribution in [0.25, 0.3) is 0 Å². The van der Waals surface area contributed by atoms with Crippen molar-refractivity contribution in [1.82, 2.24) is 0 Å². The first-order chi connectivity index (χ1) is 7.63. The summed E-state index contributed by atoms with van der Waals surface area (Å²) in [5.41, 5.74) is -0.0289. The molecule has 0 heterocycles. The molecule has 2 atom stereocenters. The van der Waals surface area contributed by atoms with Crippen molar-refractivity contribution in [2.75, 3.05) is 7.11 Å². The Hall–Kier alpha value is -1.00. The maximum atomic E-state index is 13.4. The number of halogens is 2. The van der Waals surface area contributed by atoms with Gasteiger partial charge in [0.25, 0.3) is 0 Å². The summed E-state index contributed by atoms with van der Waals surface area (Å²) in [6, 6.07) is 3.08. The third-order valence-corrected chi connectivity index (χ3v) is 2.95. The Kier molecular flexibility index (Phi) is 3.21. The van der Waals surface area contributed by atoms with E-state index in [1.165, 1.54) is 7.11 Å². The van der Waals surface area contributed by atoms with Crippen molar-refractivity contribution >= 4 is 0 Å². The number of hydrogen-bond acceptors (Lipinski definition) is 2. The predicted octanol–water partition coefficient (Wildman–Crippen LogP) is 2.42. The maximum absolute atomic E-state index is 13.4. The molecule has 0 aromatic heterocycles. The molecule has 0 amide bonds. The van der Waals surface area contributed by atoms with E-state index < -0.39 is 23.8 Å². The van der Waals surface area contributed by atoms with Crippen molar-refractivity contribution in [3.63, 3.8) is 0 Å². The van der Waals surface area contributed by atoms with Crippen molar-refractivity contribution in [2.45, 2.75) is 25.0 Å². The van der Waals surface area contributed by atoms with Crippen molar-refractivity contribution in [3.8, 4) is 0 Å². The highest BCUT2D eigenvalue weighted by molar-refractivity contribution is 5.22. The minimum absolute atomic E-state index is 0.0289. The van der Waals surface area contributed by atoms with E-state index in [0.29, 0.717) is 0 Å². The SMILES string of the molecule is COC(C1CC1)C(O)c1cc(F)ccc1F. The van der Waals surface area contributed by atoms with E-state index >= 15 is 0 Å². The van der Waals surface area contributed by atoms with Gasteiger partial charge >= 0.3 is 0 Å². The van der Waals surface area contributed by atoms with E-state index in [-0.39, 0.29) is 11.5 Å². The molecule has 2 rings (SSSR count). The van der Waals surface area contributed by atoms with Crippen LogP contribution < -0.4 is 0 Å². The summed E-state index contributed by atoms with van der Waals surface area (Å²) in [7, 11) is 1.48. The molecule has 1 aromatic rings. The summed E-state index contributed by atoms with van der Waals surface area (Å²) >= 11 is 0. The van der Waals surface area contributed by atoms with Gasteiger partial charge in [0.2, 0.25) is 0 Å². The lowest BCUT2D eigenvalue weighted by Gasteiger charge is -2.22. The topological polar surface area (TPSA) is 29.5 Å². The molecule has 2 nitrogen and oxygen atoms in total. The Morgan fingerprint density at radius 1 is 1.38 bits per heavy atom. The van der Waals surface area contributed by atoms with Crippen LogP contribution in [-0.4, -0.2) is 18.3 Å². The number of aliphatic hydroxyl groups is 1. The molecule has 0 radical (unpaired) electrons. The summed E-state index contributed by atoms with van der Waals surface area (Å²) in [6.07, 6.45) is 0.378. The smallest absolute Gasteiger partial charge is 0.129 e. The number of rotatable bonds is 4. The van der Waals surface area contributed by atoms with Crippen LogP contribution >= 0.6 is 0 Å². The Labute approximate surface area is 92.9 Å². The van der Waals surface area contributed by atoms with Crippen molar-refractivity contribution in [3.05, 3.63) is 35.4 Å². The van der Waals surface area contributed by atoms with Gasteiger partial charge in [-0.05, 0) is 37.0 Å². The van der Waals surface area contributed by atoms with Crippen LogP contribution in [0.3, 0.4) is 0 Å². The lowest BCUT2D eigenvalue weighted by atomic mass is 10.0. The molecule has 0 bridgehead atoms. The average molecular weight is 228 g/mol. The fourth-order valence-corrected chi connectivity index (χ4v) is 1.92. The molecule has 1 aromatic carbocycles. The molecule has 1 aliphatic rings. The molecule has 0 aliphatic heterocycles. The highest BCUT2D eigenvalue weighted by Gasteiger charge is 2.37. The summed E-state index contributed by atoms with van der Waals surface area (Å²) < 4.78 is 31.5. The molecule has 16 heavy (non-hydrogen) atoms. The normalized spacial score (nSPS) is 19.5. The minimum atomic E-state index is -1.10. The molecule has 1 N–H and O–H groups in total. The number of benzene rings is 1. The first-order valence-corrected chi connectivity index (χ1v) is 5.29. The second-order valence-corrected chi connectivity index (χ2v) is 4.15. The third-order valence-electron chi connectivity index (χ3n) is 2.95. The monoisotopic (exact) mass is 228 g/mol. The van der Waals surface area contributed by atoms with Crippen LogP contribution in [0.15, 0.2) is 18.2 Å². The van der Waals surface area contributed by atoms with Crippen LogP contribution in [0.1, 0.15) is 24.5 Å². The molecule has 0 spiro atoms. The maximum Gasteiger partial charge on any atom is 0.129 e. The van der Waals surface area contributed by atoms with E-state index in [2.05, 4.69) is 0 Å². The van der Waals surface area contributed by atoms with Crippen LogP contribution in [0.2, 0.25) is 0 Å². The van der Waals surface area contributed by atoms with Gasteiger partial charge in [-0.1, -0.05) is 0 Å². The highest BCUT2D eigenvalue weighted by atomic mass is 19.1. The molecule has 1 fully saturated rings. The highest BCUT2D eigenvalue weighted by Crippen LogP contribution is 2.40. The largest absolute Gasteiger partial charge is 0.386 e. The lowest BCUT2D eigenvalue weighted by Crippen LogP contribution is -2.24. The number of methoxy groups -OCH3 is 1. The second-order valence-electron chi connectivity index (χ2n) is 4.15. The van der Waals surface area contributed by atoms with E-state index in [1.807, 2.05) is 0 Å². The Morgan fingerprint density at radius 2 is 2.06 bits per heavy atom. The average Bonchev–Trinajstić information content (AvgIpc) is 3.07. The van der Waals surface area contributed by atoms with E-state index in [1.54, 1.807) is 0 Å². The van der Waals surface area contributed by atoms with E-state index in [4.69, 9.17) is 4.74 Å². The van der Waals surface area contributed by atoms with E-state index in [9.17, 15) is 13.9 Å². The van der Waals surface area contributed by atoms with Crippen LogP contribution in [0, 0.1) is 17.6 Å². The fourth-order valence-electron chi connectivity index (χ4n) is 1.92. The van der Waals surface area contributed by atoms with Crippen molar-refractivity contribution in [2.24, 2.45) is 5.92 Å². The van der Waals surface area contributed by atoms with Gasteiger partial charge in [0.15, 0.2) is 0 Å². The standard InChI is InChI=1S/C12H14F2O2/c1-16-12(7-2-3-7)11(15)9-6-8(13)4-5-10(9)14/h4-7,11-12,15H,2-3H2,1H3. The quantitative estimate of drug-likeness (QED) is 0.857. The van der Waals surface area contributed by atoms with Crippen LogP contribution in [0.4, 0.5) is 8.78 Å². The molecular weight excluding hydrogens is 214 g/mol. The van der Waals surface area contributed by atoms with Gasteiger partial charge in [-0.2, -0.15) is 0 Å². The van der Waals surface area contributed by atoms with Crippen LogP contribution in [0.5, 0.6) is 0 Å². The first-order valence-electron chi connectivity index (χ1n) is 5.29. The zero-order chi connectivity index (χ0) is 11.7. The van der Waals surface area contributed by atoms with Gasteiger partial charge in [-0.15, -0.1) is 0 Å². The van der Waals surface area contributed by atoms with Gasteiger partial charge < -0.3 is 9.84 Å².